The lowest BCUT2D eigenvalue weighted by Crippen LogP contribution is -1.90. The Kier molecular flexibility index (Phi) is 2.78. The van der Waals surface area contributed by atoms with Gasteiger partial charge in [-0.2, -0.15) is 11.3 Å². The molecule has 0 bridgehead atoms. The fraction of sp³-hybridized carbons (Fsp3) is 0. The standard InChI is InChI=1S/C14H10N2OS/c17-13(10-7-8-18-9-10)5-6-14-15-11-3-1-2-4-12(11)16-14/h1-9H,(H,15,16)/b6-5+. The maximum atomic E-state index is 11.8. The lowest BCUT2D eigenvalue weighted by atomic mass is 10.2. The fourth-order valence-corrected chi connectivity index (χ4v) is 2.35. The third kappa shape index (κ3) is 2.10. The molecule has 0 amide bonds. The van der Waals surface area contributed by atoms with E-state index in [1.807, 2.05) is 41.1 Å². The molecule has 2 heterocycles. The van der Waals surface area contributed by atoms with Gasteiger partial charge in [-0.25, -0.2) is 4.98 Å². The van der Waals surface area contributed by atoms with Crippen molar-refractivity contribution in [1.82, 2.24) is 9.97 Å². The SMILES string of the molecule is O=C(/C=C/c1nc2ccccc2[nH]1)c1ccsc1. The van der Waals surface area contributed by atoms with Gasteiger partial charge in [-0.1, -0.05) is 12.1 Å². The number of carbonyl (C=O) groups is 1. The number of para-hydroxylation sites is 2. The van der Waals surface area contributed by atoms with Gasteiger partial charge in [0.1, 0.15) is 5.82 Å². The highest BCUT2D eigenvalue weighted by molar-refractivity contribution is 7.08. The summed E-state index contributed by atoms with van der Waals surface area (Å²) in [4.78, 5) is 19.3. The molecule has 0 saturated carbocycles. The zero-order chi connectivity index (χ0) is 12.4. The number of imidazole rings is 1. The highest BCUT2D eigenvalue weighted by atomic mass is 32.1. The van der Waals surface area contributed by atoms with Crippen LogP contribution in [0.3, 0.4) is 0 Å². The van der Waals surface area contributed by atoms with E-state index < -0.39 is 0 Å². The molecule has 0 saturated heterocycles. The Morgan fingerprint density at radius 2 is 2.17 bits per heavy atom. The first-order valence-corrected chi connectivity index (χ1v) is 6.46. The fourth-order valence-electron chi connectivity index (χ4n) is 1.71. The molecule has 0 fully saturated rings. The van der Waals surface area contributed by atoms with Gasteiger partial charge < -0.3 is 4.98 Å². The predicted octanol–water partition coefficient (Wildman–Crippen LogP) is 3.52. The number of aromatic amines is 1. The zero-order valence-electron chi connectivity index (χ0n) is 9.46. The summed E-state index contributed by atoms with van der Waals surface area (Å²) in [6.45, 7) is 0. The molecule has 0 aliphatic heterocycles. The zero-order valence-corrected chi connectivity index (χ0v) is 10.3. The maximum absolute atomic E-state index is 11.8. The number of carbonyl (C=O) groups excluding carboxylic acids is 1. The van der Waals surface area contributed by atoms with Crippen LogP contribution in [0, 0.1) is 0 Å². The lowest BCUT2D eigenvalue weighted by Gasteiger charge is -1.87. The van der Waals surface area contributed by atoms with Gasteiger partial charge in [0, 0.05) is 10.9 Å². The molecule has 18 heavy (non-hydrogen) atoms. The number of fused-ring (bicyclic) bond motifs is 1. The Balaban J connectivity index is 1.86. The van der Waals surface area contributed by atoms with Crippen LogP contribution in [0.4, 0.5) is 0 Å². The van der Waals surface area contributed by atoms with Gasteiger partial charge in [0.2, 0.25) is 0 Å². The number of aromatic nitrogens is 2. The summed E-state index contributed by atoms with van der Waals surface area (Å²) in [5, 5.41) is 3.73. The van der Waals surface area contributed by atoms with Crippen molar-refractivity contribution in [3.05, 3.63) is 58.6 Å². The van der Waals surface area contributed by atoms with Crippen LogP contribution in [0.5, 0.6) is 0 Å². The summed E-state index contributed by atoms with van der Waals surface area (Å²) in [6.07, 6.45) is 3.25. The van der Waals surface area contributed by atoms with Gasteiger partial charge in [0.05, 0.1) is 11.0 Å². The van der Waals surface area contributed by atoms with Gasteiger partial charge in [-0.3, -0.25) is 4.79 Å². The minimum atomic E-state index is -0.00305. The average Bonchev–Trinajstić information content (AvgIpc) is 3.04. The van der Waals surface area contributed by atoms with E-state index in [1.165, 1.54) is 11.3 Å². The first kappa shape index (κ1) is 10.9. The number of rotatable bonds is 3. The normalized spacial score (nSPS) is 11.3. The summed E-state index contributed by atoms with van der Waals surface area (Å²) in [6, 6.07) is 9.60. The lowest BCUT2D eigenvalue weighted by molar-refractivity contribution is 0.104. The minimum Gasteiger partial charge on any atom is -0.338 e. The van der Waals surface area contributed by atoms with E-state index in [9.17, 15) is 4.79 Å². The Morgan fingerprint density at radius 1 is 1.28 bits per heavy atom. The van der Waals surface area contributed by atoms with Crippen LogP contribution in [0.25, 0.3) is 17.1 Å². The monoisotopic (exact) mass is 254 g/mol. The molecule has 88 valence electrons. The second kappa shape index (κ2) is 4.58. The van der Waals surface area contributed by atoms with Gasteiger partial charge >= 0.3 is 0 Å². The van der Waals surface area contributed by atoms with E-state index in [2.05, 4.69) is 9.97 Å². The van der Waals surface area contributed by atoms with Crippen molar-refractivity contribution in [2.45, 2.75) is 0 Å². The van der Waals surface area contributed by atoms with Crippen molar-refractivity contribution in [3.63, 3.8) is 0 Å². The number of allylic oxidation sites excluding steroid dienone is 1. The molecule has 0 aliphatic carbocycles. The van der Waals surface area contributed by atoms with Crippen LogP contribution >= 0.6 is 11.3 Å². The maximum Gasteiger partial charge on any atom is 0.186 e. The number of benzene rings is 1. The van der Waals surface area contributed by atoms with Gasteiger partial charge in [-0.15, -0.1) is 0 Å². The molecule has 2 aromatic heterocycles. The molecule has 0 spiro atoms. The first-order chi connectivity index (χ1) is 8.83. The van der Waals surface area contributed by atoms with E-state index in [4.69, 9.17) is 0 Å². The summed E-state index contributed by atoms with van der Waals surface area (Å²) in [5.41, 5.74) is 2.59. The van der Waals surface area contributed by atoms with Gasteiger partial charge in [0.25, 0.3) is 0 Å². The first-order valence-electron chi connectivity index (χ1n) is 5.52. The van der Waals surface area contributed by atoms with E-state index in [-0.39, 0.29) is 5.78 Å². The summed E-state index contributed by atoms with van der Waals surface area (Å²) >= 11 is 1.52. The van der Waals surface area contributed by atoms with Crippen LogP contribution in [-0.4, -0.2) is 15.8 Å². The molecule has 0 aliphatic rings. The predicted molar refractivity (Wildman–Crippen MR) is 73.8 cm³/mol. The van der Waals surface area contributed by atoms with E-state index in [1.54, 1.807) is 12.2 Å². The van der Waals surface area contributed by atoms with Crippen LogP contribution in [0.1, 0.15) is 16.2 Å². The quantitative estimate of drug-likeness (QED) is 0.574. The molecule has 4 heteroatoms. The highest BCUT2D eigenvalue weighted by Crippen LogP contribution is 2.12. The molecule has 3 aromatic rings. The molecule has 3 rings (SSSR count). The molecular weight excluding hydrogens is 244 g/mol. The number of thiophene rings is 1. The smallest absolute Gasteiger partial charge is 0.186 e. The molecule has 0 atom stereocenters. The number of H-pyrrole nitrogens is 1. The number of ketones is 1. The number of hydrogen-bond acceptors (Lipinski definition) is 3. The van der Waals surface area contributed by atoms with Crippen molar-refractivity contribution in [2.75, 3.05) is 0 Å². The second-order valence-electron chi connectivity index (χ2n) is 3.85. The molecule has 1 N–H and O–H groups in total. The van der Waals surface area contributed by atoms with Crippen molar-refractivity contribution in [2.24, 2.45) is 0 Å². The van der Waals surface area contributed by atoms with Crippen LogP contribution in [0.15, 0.2) is 47.2 Å². The van der Waals surface area contributed by atoms with E-state index >= 15 is 0 Å². The Morgan fingerprint density at radius 3 is 2.94 bits per heavy atom. The van der Waals surface area contributed by atoms with Crippen molar-refractivity contribution in [1.29, 1.82) is 0 Å². The van der Waals surface area contributed by atoms with Crippen molar-refractivity contribution >= 4 is 34.2 Å². The molecular formula is C14H10N2OS. The molecule has 0 radical (unpaired) electrons. The molecule has 3 nitrogen and oxygen atoms in total. The summed E-state index contributed by atoms with van der Waals surface area (Å²) in [5.74, 6) is 0.691. The largest absolute Gasteiger partial charge is 0.338 e. The topological polar surface area (TPSA) is 45.8 Å². The van der Waals surface area contributed by atoms with E-state index in [0.29, 0.717) is 11.4 Å². The Hall–Kier alpha value is -2.20. The number of nitrogens with zero attached hydrogens (tertiary/aromatic N) is 1. The third-order valence-electron chi connectivity index (χ3n) is 2.61. The number of nitrogens with one attached hydrogen (secondary N) is 1. The van der Waals surface area contributed by atoms with Crippen molar-refractivity contribution in [3.8, 4) is 0 Å². The van der Waals surface area contributed by atoms with Gasteiger partial charge in [0.15, 0.2) is 5.78 Å². The summed E-state index contributed by atoms with van der Waals surface area (Å²) in [7, 11) is 0. The van der Waals surface area contributed by atoms with Crippen LogP contribution in [-0.2, 0) is 0 Å². The van der Waals surface area contributed by atoms with Crippen LogP contribution in [0.2, 0.25) is 0 Å². The Labute approximate surface area is 108 Å². The average molecular weight is 254 g/mol. The van der Waals surface area contributed by atoms with Crippen LogP contribution < -0.4 is 0 Å². The number of hydrogen-bond donors (Lipinski definition) is 1. The van der Waals surface area contributed by atoms with Crippen molar-refractivity contribution < 1.29 is 4.79 Å². The highest BCUT2D eigenvalue weighted by Gasteiger charge is 2.02. The van der Waals surface area contributed by atoms with Gasteiger partial charge in [-0.05, 0) is 35.7 Å². The Bertz CT molecular complexity index is 677. The van der Waals surface area contributed by atoms with E-state index in [0.717, 1.165) is 11.0 Å². The minimum absolute atomic E-state index is 0.00305. The second-order valence-corrected chi connectivity index (χ2v) is 4.63. The third-order valence-corrected chi connectivity index (χ3v) is 3.29. The summed E-state index contributed by atoms with van der Waals surface area (Å²) < 4.78 is 0. The molecule has 1 aromatic carbocycles. The molecule has 0 unspecified atom stereocenters.